The van der Waals surface area contributed by atoms with Gasteiger partial charge in [-0.3, -0.25) is 19.3 Å². The number of hydrogen-bond donors (Lipinski definition) is 0. The standard InChI is InChI=1S/C22H23N3O4S/c26-19-13-22(8-2-1-3-9-22)21(28)24(19)14-20(27)25-16(18-7-5-11-30-18)12-15(23-25)17-6-4-10-29-17/h4-7,10-11,16H,1-3,8-9,12-14H2. The molecule has 2 aromatic heterocycles. The second kappa shape index (κ2) is 7.50. The monoisotopic (exact) mass is 425 g/mol. The SMILES string of the molecule is O=C1CC2(CCCCC2)C(=O)N1CC(=O)N1N=C(c2ccco2)CC1c1cccs1. The molecule has 1 unspecified atom stereocenters. The molecule has 4 heterocycles. The lowest BCUT2D eigenvalue weighted by Crippen LogP contribution is -2.43. The van der Waals surface area contributed by atoms with Crippen molar-refractivity contribution in [2.24, 2.45) is 10.5 Å². The van der Waals surface area contributed by atoms with E-state index >= 15 is 0 Å². The number of hydrazone groups is 1. The van der Waals surface area contributed by atoms with Crippen molar-refractivity contribution in [2.75, 3.05) is 6.54 Å². The van der Waals surface area contributed by atoms with E-state index in [0.717, 1.165) is 37.0 Å². The summed E-state index contributed by atoms with van der Waals surface area (Å²) in [6.07, 6.45) is 6.85. The minimum atomic E-state index is -0.587. The zero-order valence-electron chi connectivity index (χ0n) is 16.6. The van der Waals surface area contributed by atoms with Gasteiger partial charge in [-0.25, -0.2) is 5.01 Å². The maximum atomic E-state index is 13.2. The van der Waals surface area contributed by atoms with Crippen molar-refractivity contribution in [1.82, 2.24) is 9.91 Å². The summed E-state index contributed by atoms with van der Waals surface area (Å²) in [5.74, 6) is -0.133. The first kappa shape index (κ1) is 19.2. The Balaban J connectivity index is 1.38. The number of rotatable bonds is 4. The molecule has 0 N–H and O–H groups in total. The highest BCUT2D eigenvalue weighted by Crippen LogP contribution is 2.45. The Morgan fingerprint density at radius 3 is 2.73 bits per heavy atom. The van der Waals surface area contributed by atoms with Crippen LogP contribution in [0.15, 0.2) is 45.4 Å². The molecule has 3 amide bonds. The summed E-state index contributed by atoms with van der Waals surface area (Å²) >= 11 is 1.56. The normalized spacial score (nSPS) is 23.5. The third-order valence-electron chi connectivity index (χ3n) is 6.44. The van der Waals surface area contributed by atoms with E-state index in [1.165, 1.54) is 9.91 Å². The summed E-state index contributed by atoms with van der Waals surface area (Å²) in [5, 5.41) is 7.92. The van der Waals surface area contributed by atoms with Crippen LogP contribution in [0.2, 0.25) is 0 Å². The van der Waals surface area contributed by atoms with Crippen molar-refractivity contribution in [1.29, 1.82) is 0 Å². The van der Waals surface area contributed by atoms with Crippen LogP contribution in [0.1, 0.15) is 61.6 Å². The Morgan fingerprint density at radius 1 is 1.20 bits per heavy atom. The quantitative estimate of drug-likeness (QED) is 0.699. The maximum absolute atomic E-state index is 13.2. The first-order chi connectivity index (χ1) is 14.6. The smallest absolute Gasteiger partial charge is 0.263 e. The second-order valence-corrected chi connectivity index (χ2v) is 9.28. The highest BCUT2D eigenvalue weighted by atomic mass is 32.1. The van der Waals surface area contributed by atoms with E-state index in [9.17, 15) is 14.4 Å². The third-order valence-corrected chi connectivity index (χ3v) is 7.41. The van der Waals surface area contributed by atoms with Crippen LogP contribution in [0.25, 0.3) is 0 Å². The fourth-order valence-electron chi connectivity index (χ4n) is 4.88. The van der Waals surface area contributed by atoms with Gasteiger partial charge >= 0.3 is 0 Å². The fourth-order valence-corrected chi connectivity index (χ4v) is 5.69. The van der Waals surface area contributed by atoms with Crippen LogP contribution >= 0.6 is 11.3 Å². The zero-order valence-corrected chi connectivity index (χ0v) is 17.4. The molecular formula is C22H23N3O4S. The van der Waals surface area contributed by atoms with Gasteiger partial charge in [0.25, 0.3) is 5.91 Å². The van der Waals surface area contributed by atoms with Gasteiger partial charge in [0.05, 0.1) is 17.7 Å². The first-order valence-corrected chi connectivity index (χ1v) is 11.3. The molecule has 156 valence electrons. The molecule has 2 fully saturated rings. The van der Waals surface area contributed by atoms with E-state index in [-0.39, 0.29) is 36.7 Å². The summed E-state index contributed by atoms with van der Waals surface area (Å²) in [6.45, 7) is -0.254. The number of amides is 3. The summed E-state index contributed by atoms with van der Waals surface area (Å²) < 4.78 is 5.47. The van der Waals surface area contributed by atoms with Gasteiger partial charge in [0.1, 0.15) is 18.0 Å². The van der Waals surface area contributed by atoms with Gasteiger partial charge in [-0.1, -0.05) is 25.3 Å². The average Bonchev–Trinajstić information content (AvgIpc) is 3.53. The van der Waals surface area contributed by atoms with Crippen LogP contribution in [0.3, 0.4) is 0 Å². The van der Waals surface area contributed by atoms with E-state index in [4.69, 9.17) is 4.42 Å². The van der Waals surface area contributed by atoms with Crippen LogP contribution < -0.4 is 0 Å². The van der Waals surface area contributed by atoms with E-state index in [1.807, 2.05) is 23.6 Å². The predicted octanol–water partition coefficient (Wildman–Crippen LogP) is 3.73. The molecule has 1 spiro atoms. The summed E-state index contributed by atoms with van der Waals surface area (Å²) in [6, 6.07) is 7.26. The van der Waals surface area contributed by atoms with E-state index in [0.29, 0.717) is 17.9 Å². The molecule has 0 radical (unpaired) electrons. The molecule has 5 rings (SSSR count). The molecule has 2 aliphatic heterocycles. The molecule has 0 bridgehead atoms. The lowest BCUT2D eigenvalue weighted by atomic mass is 9.73. The highest BCUT2D eigenvalue weighted by molar-refractivity contribution is 7.10. The highest BCUT2D eigenvalue weighted by Gasteiger charge is 2.52. The number of nitrogens with zero attached hydrogens (tertiary/aromatic N) is 3. The van der Waals surface area contributed by atoms with Gasteiger partial charge in [-0.2, -0.15) is 5.10 Å². The molecule has 7 nitrogen and oxygen atoms in total. The molecule has 2 aromatic rings. The summed E-state index contributed by atoms with van der Waals surface area (Å²) in [4.78, 5) is 41.2. The number of carbonyl (C=O) groups excluding carboxylic acids is 3. The molecule has 1 atom stereocenters. The van der Waals surface area contributed by atoms with Crippen LogP contribution in [-0.4, -0.2) is 39.9 Å². The lowest BCUT2D eigenvalue weighted by Gasteiger charge is -2.30. The molecule has 3 aliphatic rings. The Hall–Kier alpha value is -2.74. The molecule has 1 saturated heterocycles. The summed E-state index contributed by atoms with van der Waals surface area (Å²) in [5.41, 5.74) is 0.102. The second-order valence-electron chi connectivity index (χ2n) is 8.30. The maximum Gasteiger partial charge on any atom is 0.263 e. The van der Waals surface area contributed by atoms with E-state index in [1.54, 1.807) is 23.7 Å². The van der Waals surface area contributed by atoms with Crippen molar-refractivity contribution < 1.29 is 18.8 Å². The third kappa shape index (κ3) is 3.19. The number of furan rings is 1. The van der Waals surface area contributed by atoms with Crippen molar-refractivity contribution in [3.8, 4) is 0 Å². The van der Waals surface area contributed by atoms with Crippen LogP contribution in [0.5, 0.6) is 0 Å². The number of hydrogen-bond acceptors (Lipinski definition) is 6. The van der Waals surface area contributed by atoms with Crippen molar-refractivity contribution in [3.05, 3.63) is 46.5 Å². The number of likely N-dealkylation sites (tertiary alicyclic amines) is 1. The first-order valence-electron chi connectivity index (χ1n) is 10.4. The molecule has 0 aromatic carbocycles. The van der Waals surface area contributed by atoms with Crippen LogP contribution in [0, 0.1) is 5.41 Å². The Morgan fingerprint density at radius 2 is 2.03 bits per heavy atom. The number of thiophene rings is 1. The van der Waals surface area contributed by atoms with Gasteiger partial charge < -0.3 is 4.42 Å². The Bertz CT molecular complexity index is 990. The molecule has 8 heteroatoms. The topological polar surface area (TPSA) is 83.2 Å². The van der Waals surface area contributed by atoms with Crippen molar-refractivity contribution in [3.63, 3.8) is 0 Å². The van der Waals surface area contributed by atoms with Gasteiger partial charge in [-0.05, 0) is 36.4 Å². The van der Waals surface area contributed by atoms with Gasteiger partial charge in [0.2, 0.25) is 11.8 Å². The number of carbonyl (C=O) groups is 3. The molecule has 30 heavy (non-hydrogen) atoms. The summed E-state index contributed by atoms with van der Waals surface area (Å²) in [7, 11) is 0. The minimum Gasteiger partial charge on any atom is -0.463 e. The van der Waals surface area contributed by atoms with Crippen LogP contribution in [-0.2, 0) is 14.4 Å². The van der Waals surface area contributed by atoms with Crippen molar-refractivity contribution in [2.45, 2.75) is 51.0 Å². The predicted molar refractivity (Wildman–Crippen MR) is 111 cm³/mol. The van der Waals surface area contributed by atoms with E-state index < -0.39 is 5.41 Å². The lowest BCUT2D eigenvalue weighted by molar-refractivity contribution is -0.148. The van der Waals surface area contributed by atoms with E-state index in [2.05, 4.69) is 5.10 Å². The molecule has 1 aliphatic carbocycles. The largest absolute Gasteiger partial charge is 0.463 e. The Kier molecular flexibility index (Phi) is 4.81. The average molecular weight is 426 g/mol. The van der Waals surface area contributed by atoms with Gasteiger partial charge in [0.15, 0.2) is 0 Å². The van der Waals surface area contributed by atoms with Gasteiger partial charge in [0, 0.05) is 17.7 Å². The minimum absolute atomic E-state index is 0.178. The Labute approximate surface area is 178 Å². The number of imide groups is 1. The van der Waals surface area contributed by atoms with Gasteiger partial charge in [-0.15, -0.1) is 11.3 Å². The zero-order chi connectivity index (χ0) is 20.7. The fraction of sp³-hybridized carbons (Fsp3) is 0.455. The molecule has 1 saturated carbocycles. The van der Waals surface area contributed by atoms with Crippen molar-refractivity contribution >= 4 is 34.8 Å². The molecular weight excluding hydrogens is 402 g/mol. The van der Waals surface area contributed by atoms with Crippen LogP contribution in [0.4, 0.5) is 0 Å².